The van der Waals surface area contributed by atoms with Crippen molar-refractivity contribution in [1.82, 2.24) is 19.9 Å². The summed E-state index contributed by atoms with van der Waals surface area (Å²) in [7, 11) is 1.63. The number of thioether (sulfide) groups is 1. The first-order chi connectivity index (χ1) is 13.0. The fraction of sp³-hybridized carbons (Fsp3) is 0.444. The van der Waals surface area contributed by atoms with E-state index in [0.717, 1.165) is 22.3 Å². The van der Waals surface area contributed by atoms with Crippen LogP contribution in [0.2, 0.25) is 0 Å². The van der Waals surface area contributed by atoms with E-state index in [4.69, 9.17) is 22.7 Å². The molecule has 0 aliphatic carbocycles. The third kappa shape index (κ3) is 5.43. The molecule has 1 fully saturated rings. The zero-order valence-corrected chi connectivity index (χ0v) is 17.1. The minimum atomic E-state index is 0.189. The van der Waals surface area contributed by atoms with Crippen LogP contribution in [0.15, 0.2) is 24.3 Å². The summed E-state index contributed by atoms with van der Waals surface area (Å²) < 4.78 is 6.06. The van der Waals surface area contributed by atoms with E-state index < -0.39 is 0 Å². The van der Waals surface area contributed by atoms with Gasteiger partial charge in [0.25, 0.3) is 0 Å². The molecule has 0 bridgehead atoms. The zero-order chi connectivity index (χ0) is 19.2. The van der Waals surface area contributed by atoms with E-state index in [1.807, 2.05) is 24.3 Å². The van der Waals surface area contributed by atoms with Gasteiger partial charge in [-0.05, 0) is 50.5 Å². The molecule has 2 aromatic rings. The van der Waals surface area contributed by atoms with Crippen LogP contribution >= 0.6 is 24.0 Å². The highest BCUT2D eigenvalue weighted by Gasteiger charge is 2.21. The highest BCUT2D eigenvalue weighted by atomic mass is 32.2. The van der Waals surface area contributed by atoms with E-state index in [-0.39, 0.29) is 5.95 Å². The van der Waals surface area contributed by atoms with E-state index in [2.05, 4.69) is 32.1 Å². The SMILES string of the molecule is COc1ccc(Nc2nc(N)nc(CSC(=S)N3CCCC[C@@H]3C)n2)cc1. The van der Waals surface area contributed by atoms with Crippen molar-refractivity contribution in [1.29, 1.82) is 0 Å². The molecule has 0 amide bonds. The number of nitrogens with zero attached hydrogens (tertiary/aromatic N) is 4. The Hall–Kier alpha value is -2.13. The number of nitrogens with two attached hydrogens (primary N) is 1. The Bertz CT molecular complexity index is 786. The molecule has 1 atom stereocenters. The molecule has 1 aliphatic heterocycles. The predicted octanol–water partition coefficient (Wildman–Crippen LogP) is 3.60. The quantitative estimate of drug-likeness (QED) is 0.725. The Kier molecular flexibility index (Phi) is 6.68. The second kappa shape index (κ2) is 9.18. The van der Waals surface area contributed by atoms with E-state index in [1.165, 1.54) is 19.3 Å². The van der Waals surface area contributed by atoms with Gasteiger partial charge in [-0.2, -0.15) is 15.0 Å². The third-order valence-electron chi connectivity index (χ3n) is 4.41. The Labute approximate surface area is 169 Å². The molecule has 0 unspecified atom stereocenters. The number of ether oxygens (including phenoxy) is 1. The van der Waals surface area contributed by atoms with E-state index >= 15 is 0 Å². The molecule has 0 spiro atoms. The molecule has 9 heteroatoms. The lowest BCUT2D eigenvalue weighted by Gasteiger charge is -2.35. The van der Waals surface area contributed by atoms with Gasteiger partial charge in [0.2, 0.25) is 11.9 Å². The van der Waals surface area contributed by atoms with Crippen LogP contribution in [0.5, 0.6) is 5.75 Å². The summed E-state index contributed by atoms with van der Waals surface area (Å²) >= 11 is 7.18. The number of nitrogens with one attached hydrogen (secondary N) is 1. The molecule has 0 radical (unpaired) electrons. The van der Waals surface area contributed by atoms with Gasteiger partial charge in [-0.3, -0.25) is 0 Å². The maximum atomic E-state index is 5.86. The summed E-state index contributed by atoms with van der Waals surface area (Å²) in [6.07, 6.45) is 3.66. The average Bonchev–Trinajstić information content (AvgIpc) is 2.67. The molecule has 1 aliphatic rings. The Balaban J connectivity index is 1.63. The summed E-state index contributed by atoms with van der Waals surface area (Å²) in [4.78, 5) is 15.2. The van der Waals surface area contributed by atoms with Crippen LogP contribution in [-0.2, 0) is 5.75 Å². The lowest BCUT2D eigenvalue weighted by molar-refractivity contribution is 0.267. The van der Waals surface area contributed by atoms with Gasteiger partial charge in [-0.25, -0.2) is 0 Å². The second-order valence-electron chi connectivity index (χ2n) is 6.38. The number of nitrogen functional groups attached to an aromatic ring is 1. The highest BCUT2D eigenvalue weighted by molar-refractivity contribution is 8.22. The van der Waals surface area contributed by atoms with Gasteiger partial charge < -0.3 is 20.7 Å². The van der Waals surface area contributed by atoms with Crippen molar-refractivity contribution in [3.63, 3.8) is 0 Å². The number of piperidine rings is 1. The summed E-state index contributed by atoms with van der Waals surface area (Å²) in [6, 6.07) is 8.00. The first-order valence-electron chi connectivity index (χ1n) is 8.90. The zero-order valence-electron chi connectivity index (χ0n) is 15.5. The number of likely N-dealkylation sites (tertiary alicyclic amines) is 1. The Morgan fingerprint density at radius 1 is 1.30 bits per heavy atom. The monoisotopic (exact) mass is 404 g/mol. The van der Waals surface area contributed by atoms with E-state index in [0.29, 0.717) is 23.6 Å². The molecule has 27 heavy (non-hydrogen) atoms. The summed E-state index contributed by atoms with van der Waals surface area (Å²) in [5.74, 6) is 2.56. The van der Waals surface area contributed by atoms with E-state index in [1.54, 1.807) is 18.9 Å². The van der Waals surface area contributed by atoms with Crippen LogP contribution in [-0.4, -0.2) is 43.9 Å². The van der Waals surface area contributed by atoms with Crippen LogP contribution in [0.1, 0.15) is 32.0 Å². The van der Waals surface area contributed by atoms with Gasteiger partial charge in [0.15, 0.2) is 0 Å². The van der Waals surface area contributed by atoms with Crippen LogP contribution in [0.25, 0.3) is 0 Å². The van der Waals surface area contributed by atoms with Crippen molar-refractivity contribution in [3.8, 4) is 5.75 Å². The van der Waals surface area contributed by atoms with Crippen molar-refractivity contribution in [3.05, 3.63) is 30.1 Å². The molecule has 2 heterocycles. The number of hydrogen-bond donors (Lipinski definition) is 2. The van der Waals surface area contributed by atoms with Gasteiger partial charge in [0.05, 0.1) is 12.9 Å². The number of rotatable bonds is 5. The lowest BCUT2D eigenvalue weighted by atomic mass is 10.1. The van der Waals surface area contributed by atoms with Gasteiger partial charge in [0, 0.05) is 18.3 Å². The molecule has 144 valence electrons. The number of aromatic nitrogens is 3. The molecule has 7 nitrogen and oxygen atoms in total. The number of anilines is 3. The maximum Gasteiger partial charge on any atom is 0.232 e. The molecular formula is C18H24N6OS2. The Morgan fingerprint density at radius 3 is 2.78 bits per heavy atom. The minimum Gasteiger partial charge on any atom is -0.497 e. The normalized spacial score (nSPS) is 16.8. The topological polar surface area (TPSA) is 89.2 Å². The molecular weight excluding hydrogens is 380 g/mol. The smallest absolute Gasteiger partial charge is 0.232 e. The molecule has 3 N–H and O–H groups in total. The summed E-state index contributed by atoms with van der Waals surface area (Å²) in [6.45, 7) is 3.25. The minimum absolute atomic E-state index is 0.189. The molecule has 1 saturated heterocycles. The average molecular weight is 405 g/mol. The number of methoxy groups -OCH3 is 1. The van der Waals surface area contributed by atoms with Crippen molar-refractivity contribution in [2.45, 2.75) is 38.0 Å². The van der Waals surface area contributed by atoms with Crippen molar-refractivity contribution >= 4 is 45.9 Å². The molecule has 1 aromatic heterocycles. The fourth-order valence-electron chi connectivity index (χ4n) is 2.94. The van der Waals surface area contributed by atoms with Crippen molar-refractivity contribution < 1.29 is 4.74 Å². The third-order valence-corrected chi connectivity index (χ3v) is 5.88. The second-order valence-corrected chi connectivity index (χ2v) is 7.99. The fourth-order valence-corrected chi connectivity index (χ4v) is 4.21. The standard InChI is InChI=1S/C18H24N6OS2/c1-12-5-3-4-10-24(12)18(26)27-11-15-21-16(19)23-17(22-15)20-13-6-8-14(25-2)9-7-13/h6-9,12H,3-5,10-11H2,1-2H3,(H3,19,20,21,22,23)/t12-/m0/s1. The van der Waals surface area contributed by atoms with Crippen molar-refractivity contribution in [2.24, 2.45) is 0 Å². The first-order valence-corrected chi connectivity index (χ1v) is 10.3. The molecule has 3 rings (SSSR count). The summed E-state index contributed by atoms with van der Waals surface area (Å²) in [5.41, 5.74) is 6.70. The van der Waals surface area contributed by atoms with Gasteiger partial charge in [-0.15, -0.1) is 0 Å². The number of benzene rings is 1. The highest BCUT2D eigenvalue weighted by Crippen LogP contribution is 2.24. The largest absolute Gasteiger partial charge is 0.497 e. The van der Waals surface area contributed by atoms with Gasteiger partial charge in [-0.1, -0.05) is 24.0 Å². The van der Waals surface area contributed by atoms with Crippen molar-refractivity contribution in [2.75, 3.05) is 24.7 Å². The van der Waals surface area contributed by atoms with E-state index in [9.17, 15) is 0 Å². The number of hydrogen-bond acceptors (Lipinski definition) is 8. The van der Waals surface area contributed by atoms with Crippen LogP contribution < -0.4 is 15.8 Å². The lowest BCUT2D eigenvalue weighted by Crippen LogP contribution is -2.39. The first kappa shape index (κ1) is 19.6. The van der Waals surface area contributed by atoms with Crippen LogP contribution in [0, 0.1) is 0 Å². The van der Waals surface area contributed by atoms with Crippen LogP contribution in [0.4, 0.5) is 17.6 Å². The summed E-state index contributed by atoms with van der Waals surface area (Å²) in [5, 5.41) is 3.14. The predicted molar refractivity (Wildman–Crippen MR) is 114 cm³/mol. The Morgan fingerprint density at radius 2 is 2.07 bits per heavy atom. The maximum absolute atomic E-state index is 5.86. The molecule has 1 aromatic carbocycles. The van der Waals surface area contributed by atoms with Crippen LogP contribution in [0.3, 0.4) is 0 Å². The van der Waals surface area contributed by atoms with Gasteiger partial charge >= 0.3 is 0 Å². The number of thiocarbonyl (C=S) groups is 1. The van der Waals surface area contributed by atoms with Gasteiger partial charge in [0.1, 0.15) is 15.9 Å². The molecule has 0 saturated carbocycles.